The molecule has 0 unspecified atom stereocenters. The topological polar surface area (TPSA) is 24.1 Å². The van der Waals surface area contributed by atoms with Gasteiger partial charge in [0.05, 0.1) is 0 Å². The largest absolute Gasteiger partial charge is 0.369 e. The number of benzene rings is 4. The zero-order chi connectivity index (χ0) is 22.1. The van der Waals surface area contributed by atoms with Crippen molar-refractivity contribution in [3.8, 4) is 0 Å². The van der Waals surface area contributed by atoms with E-state index in [9.17, 15) is 0 Å². The van der Waals surface area contributed by atoms with Gasteiger partial charge in [-0.2, -0.15) is 0 Å². The third kappa shape index (κ3) is 2.61. The maximum absolute atomic E-state index is 6.41. The van der Waals surface area contributed by atoms with Gasteiger partial charge in [0.15, 0.2) is 0 Å². The Morgan fingerprint density at radius 2 is 0.781 bits per heavy atom. The van der Waals surface area contributed by atoms with Gasteiger partial charge in [0.2, 0.25) is 0 Å². The Kier molecular flexibility index (Phi) is 4.48. The number of halogens is 4. The van der Waals surface area contributed by atoms with Gasteiger partial charge in [-0.15, -0.1) is 0 Å². The molecular weight excluding hydrogens is 482 g/mol. The molecule has 158 valence electrons. The van der Waals surface area contributed by atoms with E-state index in [0.29, 0.717) is 20.1 Å². The van der Waals surface area contributed by atoms with Crippen molar-refractivity contribution in [3.05, 3.63) is 127 Å². The zero-order valence-corrected chi connectivity index (χ0v) is 19.6. The molecule has 2 N–H and O–H groups in total. The van der Waals surface area contributed by atoms with Gasteiger partial charge in [0.1, 0.15) is 11.1 Å². The van der Waals surface area contributed by atoms with E-state index in [2.05, 4.69) is 47.0 Å². The summed E-state index contributed by atoms with van der Waals surface area (Å²) in [6.45, 7) is 0. The Labute approximate surface area is 206 Å². The van der Waals surface area contributed by atoms with Crippen LogP contribution in [0, 0.1) is 0 Å². The van der Waals surface area contributed by atoms with Crippen molar-refractivity contribution in [2.24, 2.45) is 0 Å². The molecule has 0 amide bonds. The molecule has 0 spiro atoms. The molecule has 0 fully saturated rings. The predicted molar refractivity (Wildman–Crippen MR) is 135 cm³/mol. The van der Waals surface area contributed by atoms with Gasteiger partial charge in [-0.25, -0.2) is 0 Å². The smallest absolute Gasteiger partial charge is 0.122 e. The summed E-state index contributed by atoms with van der Waals surface area (Å²) in [5.41, 5.74) is 4.91. The lowest BCUT2D eigenvalue weighted by Gasteiger charge is -2.42. The molecule has 0 aromatic heterocycles. The van der Waals surface area contributed by atoms with E-state index in [1.165, 1.54) is 0 Å². The molecule has 2 aliphatic rings. The van der Waals surface area contributed by atoms with E-state index in [0.717, 1.165) is 33.6 Å². The highest BCUT2D eigenvalue weighted by Gasteiger charge is 2.65. The Hall–Kier alpha value is -2.36. The van der Waals surface area contributed by atoms with Gasteiger partial charge in [-0.1, -0.05) is 82.8 Å². The highest BCUT2D eigenvalue weighted by molar-refractivity contribution is 6.31. The number of hydrogen-bond acceptors (Lipinski definition) is 2. The molecule has 2 atom stereocenters. The molecule has 2 nitrogen and oxygen atoms in total. The van der Waals surface area contributed by atoms with Crippen molar-refractivity contribution in [3.63, 3.8) is 0 Å². The van der Waals surface area contributed by atoms with Crippen LogP contribution in [0.15, 0.2) is 84.9 Å². The predicted octanol–water partition coefficient (Wildman–Crippen LogP) is 8.34. The van der Waals surface area contributed by atoms with Crippen molar-refractivity contribution < 1.29 is 0 Å². The first-order chi connectivity index (χ1) is 15.4. The Morgan fingerprint density at radius 1 is 0.438 bits per heavy atom. The Bertz CT molecular complexity index is 1260. The van der Waals surface area contributed by atoms with E-state index in [1.54, 1.807) is 0 Å². The lowest BCUT2D eigenvalue weighted by Crippen LogP contribution is -2.51. The van der Waals surface area contributed by atoms with Crippen molar-refractivity contribution in [1.82, 2.24) is 0 Å². The van der Waals surface area contributed by atoms with Gasteiger partial charge in [0, 0.05) is 42.6 Å². The van der Waals surface area contributed by atoms with Gasteiger partial charge in [0.25, 0.3) is 0 Å². The molecule has 0 saturated carbocycles. The minimum absolute atomic E-state index is 0.668. The van der Waals surface area contributed by atoms with Crippen LogP contribution in [0.4, 0.5) is 11.4 Å². The molecule has 0 aliphatic carbocycles. The number of anilines is 2. The van der Waals surface area contributed by atoms with Gasteiger partial charge in [-0.3, -0.25) is 0 Å². The molecule has 4 aromatic rings. The van der Waals surface area contributed by atoms with E-state index >= 15 is 0 Å². The summed E-state index contributed by atoms with van der Waals surface area (Å²) >= 11 is 25.4. The van der Waals surface area contributed by atoms with Crippen LogP contribution in [0.25, 0.3) is 0 Å². The molecule has 6 heteroatoms. The van der Waals surface area contributed by atoms with Crippen LogP contribution in [0.2, 0.25) is 20.1 Å². The molecule has 0 radical (unpaired) electrons. The molecular formula is C26H16Cl4N2. The average Bonchev–Trinajstić information content (AvgIpc) is 3.21. The number of hydrogen-bond donors (Lipinski definition) is 2. The summed E-state index contributed by atoms with van der Waals surface area (Å²) in [4.78, 5) is 0. The second kappa shape index (κ2) is 7.07. The molecule has 4 aromatic carbocycles. The monoisotopic (exact) mass is 496 g/mol. The quantitative estimate of drug-likeness (QED) is 0.290. The first-order valence-electron chi connectivity index (χ1n) is 10.1. The maximum atomic E-state index is 6.41. The lowest BCUT2D eigenvalue weighted by atomic mass is 9.66. The summed E-state index contributed by atoms with van der Waals surface area (Å²) in [6.07, 6.45) is 0. The van der Waals surface area contributed by atoms with Gasteiger partial charge >= 0.3 is 0 Å². The van der Waals surface area contributed by atoms with E-state index in [-0.39, 0.29) is 0 Å². The van der Waals surface area contributed by atoms with Gasteiger partial charge in [-0.05, 0) is 59.7 Å². The fraction of sp³-hybridized carbons (Fsp3) is 0.0769. The molecule has 6 rings (SSSR count). The Balaban J connectivity index is 1.76. The molecule has 2 heterocycles. The minimum atomic E-state index is -0.668. The summed E-state index contributed by atoms with van der Waals surface area (Å²) in [5, 5.41) is 10.4. The van der Waals surface area contributed by atoms with Crippen LogP contribution in [0.5, 0.6) is 0 Å². The van der Waals surface area contributed by atoms with Crippen LogP contribution >= 0.6 is 46.4 Å². The van der Waals surface area contributed by atoms with E-state index in [4.69, 9.17) is 46.4 Å². The second-order valence-corrected chi connectivity index (χ2v) is 9.89. The standard InChI is InChI=1S/C26H16Cl4N2/c27-17-5-1-15(2-6-17)25-21-11-9-19(29)13-23(21)32-26(25,16-3-7-18(28)8-4-16)22-12-10-20(30)14-24(22)31-25/h1-14,31-32H/t25-,26-/m0/s1. The fourth-order valence-corrected chi connectivity index (χ4v) is 5.91. The van der Waals surface area contributed by atoms with Gasteiger partial charge < -0.3 is 10.6 Å². The SMILES string of the molecule is Clc1ccc([C@@]23Nc4cc(Cl)ccc4[C@]2(c2ccc(Cl)cc2)Nc2cc(Cl)ccc23)cc1. The first-order valence-corrected chi connectivity index (χ1v) is 11.6. The Morgan fingerprint density at radius 3 is 1.16 bits per heavy atom. The van der Waals surface area contributed by atoms with E-state index in [1.807, 2.05) is 48.5 Å². The molecule has 0 saturated heterocycles. The summed E-state index contributed by atoms with van der Waals surface area (Å²) in [6, 6.07) is 27.9. The minimum Gasteiger partial charge on any atom is -0.369 e. The number of rotatable bonds is 2. The molecule has 32 heavy (non-hydrogen) atoms. The van der Waals surface area contributed by atoms with Crippen LogP contribution in [0.1, 0.15) is 22.3 Å². The summed E-state index contributed by atoms with van der Waals surface area (Å²) in [7, 11) is 0. The van der Waals surface area contributed by atoms with Crippen molar-refractivity contribution in [1.29, 1.82) is 0 Å². The molecule has 2 aliphatic heterocycles. The second-order valence-electron chi connectivity index (χ2n) is 8.14. The number of fused-ring (bicyclic) bond motifs is 5. The van der Waals surface area contributed by atoms with Crippen LogP contribution in [-0.2, 0) is 11.1 Å². The third-order valence-electron chi connectivity index (χ3n) is 6.53. The van der Waals surface area contributed by atoms with E-state index < -0.39 is 11.1 Å². The highest BCUT2D eigenvalue weighted by atomic mass is 35.5. The van der Waals surface area contributed by atoms with Crippen LogP contribution in [0.3, 0.4) is 0 Å². The summed E-state index contributed by atoms with van der Waals surface area (Å²) in [5.74, 6) is 0. The van der Waals surface area contributed by atoms with Crippen LogP contribution in [-0.4, -0.2) is 0 Å². The van der Waals surface area contributed by atoms with Crippen molar-refractivity contribution in [2.75, 3.05) is 10.6 Å². The normalized spacial score (nSPS) is 22.5. The lowest BCUT2D eigenvalue weighted by molar-refractivity contribution is 0.439. The summed E-state index contributed by atoms with van der Waals surface area (Å²) < 4.78 is 0. The van der Waals surface area contributed by atoms with Crippen molar-refractivity contribution >= 4 is 57.8 Å². The molecule has 0 bridgehead atoms. The third-order valence-corrected chi connectivity index (χ3v) is 7.51. The fourth-order valence-electron chi connectivity index (χ4n) is 5.31. The van der Waals surface area contributed by atoms with Crippen molar-refractivity contribution in [2.45, 2.75) is 11.1 Å². The number of nitrogens with one attached hydrogen (secondary N) is 2. The maximum Gasteiger partial charge on any atom is 0.122 e. The first kappa shape index (κ1) is 20.3. The zero-order valence-electron chi connectivity index (χ0n) is 16.6. The van der Waals surface area contributed by atoms with Crippen LogP contribution < -0.4 is 10.6 Å². The average molecular weight is 498 g/mol. The highest BCUT2D eigenvalue weighted by Crippen LogP contribution is 2.64.